The number of hydrogen-bond donors (Lipinski definition) is 1. The molecule has 32 heavy (non-hydrogen) atoms. The molecule has 5 rings (SSSR count). The molecule has 4 aromatic rings. The molecule has 1 aromatic carbocycles. The third kappa shape index (κ3) is 3.76. The molecule has 1 fully saturated rings. The van der Waals surface area contributed by atoms with E-state index in [0.717, 1.165) is 51.3 Å². The number of carbonyl (C=O) groups excluding carboxylic acids is 1. The Hall–Kier alpha value is -3.58. The maximum atomic E-state index is 12.0. The molecule has 0 amide bonds. The van der Waals surface area contributed by atoms with Gasteiger partial charge in [-0.25, -0.2) is 4.98 Å². The highest BCUT2D eigenvalue weighted by Crippen LogP contribution is 2.37. The van der Waals surface area contributed by atoms with Crippen molar-refractivity contribution < 1.29 is 9.53 Å². The summed E-state index contributed by atoms with van der Waals surface area (Å²) in [6.07, 6.45) is 3.91. The lowest BCUT2D eigenvalue weighted by atomic mass is 9.93. The van der Waals surface area contributed by atoms with Gasteiger partial charge in [0.25, 0.3) is 0 Å². The molecular formula is C25H25N5O2. The summed E-state index contributed by atoms with van der Waals surface area (Å²) in [5.74, 6) is 1.02. The zero-order valence-corrected chi connectivity index (χ0v) is 18.2. The third-order valence-electron chi connectivity index (χ3n) is 5.88. The fourth-order valence-electron chi connectivity index (χ4n) is 4.37. The summed E-state index contributed by atoms with van der Waals surface area (Å²) in [5, 5.41) is 8.11. The van der Waals surface area contributed by atoms with Crippen LogP contribution >= 0.6 is 0 Å². The summed E-state index contributed by atoms with van der Waals surface area (Å²) in [7, 11) is 0. The van der Waals surface area contributed by atoms with Gasteiger partial charge in [-0.3, -0.25) is 14.9 Å². The van der Waals surface area contributed by atoms with E-state index < -0.39 is 0 Å². The summed E-state index contributed by atoms with van der Waals surface area (Å²) in [4.78, 5) is 24.0. The molecule has 7 nitrogen and oxygen atoms in total. The molecule has 0 bridgehead atoms. The summed E-state index contributed by atoms with van der Waals surface area (Å²) in [5.41, 5.74) is 5.47. The number of benzene rings is 1. The molecule has 7 heteroatoms. The smallest absolute Gasteiger partial charge is 0.134 e. The molecule has 1 N–H and O–H groups in total. The molecule has 0 radical (unpaired) electrons. The Balaban J connectivity index is 1.79. The number of H-pyrrole nitrogens is 1. The van der Waals surface area contributed by atoms with E-state index in [9.17, 15) is 4.79 Å². The maximum Gasteiger partial charge on any atom is 0.134 e. The summed E-state index contributed by atoms with van der Waals surface area (Å²) >= 11 is 0. The van der Waals surface area contributed by atoms with E-state index in [-0.39, 0.29) is 11.8 Å². The van der Waals surface area contributed by atoms with Gasteiger partial charge < -0.3 is 9.64 Å². The van der Waals surface area contributed by atoms with Gasteiger partial charge in [0.2, 0.25) is 0 Å². The second-order valence-electron chi connectivity index (χ2n) is 8.21. The molecule has 0 spiro atoms. The van der Waals surface area contributed by atoms with Crippen LogP contribution < -0.4 is 4.90 Å². The Labute approximate surface area is 186 Å². The summed E-state index contributed by atoms with van der Waals surface area (Å²) in [6, 6.07) is 14.3. The van der Waals surface area contributed by atoms with Crippen LogP contribution in [-0.2, 0) is 16.0 Å². The third-order valence-corrected chi connectivity index (χ3v) is 5.88. The van der Waals surface area contributed by atoms with Gasteiger partial charge in [0.15, 0.2) is 0 Å². The quantitative estimate of drug-likeness (QED) is 0.517. The largest absolute Gasteiger partial charge is 0.377 e. The molecule has 1 saturated heterocycles. The molecule has 1 aliphatic heterocycles. The average Bonchev–Trinajstić information content (AvgIpc) is 3.33. The molecule has 3 aromatic heterocycles. The van der Waals surface area contributed by atoms with Crippen molar-refractivity contribution in [2.24, 2.45) is 0 Å². The first kappa shape index (κ1) is 20.3. The van der Waals surface area contributed by atoms with Crippen LogP contribution in [0.4, 0.5) is 5.82 Å². The Morgan fingerprint density at radius 3 is 2.84 bits per heavy atom. The summed E-state index contributed by atoms with van der Waals surface area (Å²) in [6.45, 7) is 5.88. The Kier molecular flexibility index (Phi) is 5.41. The second-order valence-corrected chi connectivity index (χ2v) is 8.21. The Morgan fingerprint density at radius 1 is 1.19 bits per heavy atom. The average molecular weight is 428 g/mol. The highest BCUT2D eigenvalue weighted by atomic mass is 16.5. The van der Waals surface area contributed by atoms with Crippen molar-refractivity contribution in [1.29, 1.82) is 0 Å². The predicted molar refractivity (Wildman–Crippen MR) is 125 cm³/mol. The van der Waals surface area contributed by atoms with E-state index in [2.05, 4.69) is 39.1 Å². The molecule has 1 atom stereocenters. The number of nitrogens with zero attached hydrogens (tertiary/aromatic N) is 4. The number of aromatic amines is 1. The minimum Gasteiger partial charge on any atom is -0.377 e. The number of anilines is 1. The molecule has 0 aliphatic carbocycles. The molecular weight excluding hydrogens is 402 g/mol. The van der Waals surface area contributed by atoms with E-state index in [1.807, 2.05) is 30.3 Å². The Bertz CT molecular complexity index is 1270. The molecule has 0 unspecified atom stereocenters. The zero-order chi connectivity index (χ0) is 22.1. The molecule has 0 saturated carbocycles. The number of morpholine rings is 1. The van der Waals surface area contributed by atoms with Crippen LogP contribution in [0, 0.1) is 0 Å². The number of ether oxygens (including phenoxy) is 1. The summed E-state index contributed by atoms with van der Waals surface area (Å²) < 4.78 is 5.65. The normalized spacial score (nSPS) is 16.4. The van der Waals surface area contributed by atoms with Crippen LogP contribution in [0.5, 0.6) is 0 Å². The topological polar surface area (TPSA) is 84.0 Å². The number of nitrogens with one attached hydrogen (secondary N) is 1. The number of fused-ring (bicyclic) bond motifs is 1. The van der Waals surface area contributed by atoms with Crippen molar-refractivity contribution in [2.75, 3.05) is 24.7 Å². The van der Waals surface area contributed by atoms with Crippen molar-refractivity contribution >= 4 is 22.5 Å². The van der Waals surface area contributed by atoms with Crippen molar-refractivity contribution in [3.8, 4) is 22.5 Å². The fourth-order valence-corrected chi connectivity index (χ4v) is 4.37. The van der Waals surface area contributed by atoms with Gasteiger partial charge in [-0.1, -0.05) is 24.3 Å². The van der Waals surface area contributed by atoms with Gasteiger partial charge >= 0.3 is 0 Å². The lowest BCUT2D eigenvalue weighted by molar-refractivity contribution is -0.116. The lowest BCUT2D eigenvalue weighted by Gasteiger charge is -2.34. The first-order valence-corrected chi connectivity index (χ1v) is 10.8. The standard InChI is InChI=1S/C25H25N5O2/c1-16-15-32-12-11-30(16)23-14-21(19-6-4-3-5-18(19)13-17(2)31)20-7-9-26-25(24(20)28-23)22-8-10-27-29-22/h3-10,14,16H,11-13,15H2,1-2H3,(H,27,29)/t16-/m1/s1. The minimum absolute atomic E-state index is 0.137. The monoisotopic (exact) mass is 427 g/mol. The highest BCUT2D eigenvalue weighted by Gasteiger charge is 2.23. The Morgan fingerprint density at radius 2 is 2.06 bits per heavy atom. The van der Waals surface area contributed by atoms with Gasteiger partial charge in [0.05, 0.1) is 24.9 Å². The number of Topliss-reactive ketones (excluding diaryl/α,β-unsaturated/α-hetero) is 1. The first-order valence-electron chi connectivity index (χ1n) is 10.8. The van der Waals surface area contributed by atoms with E-state index in [1.165, 1.54) is 0 Å². The molecule has 162 valence electrons. The van der Waals surface area contributed by atoms with Crippen LogP contribution in [0.2, 0.25) is 0 Å². The lowest BCUT2D eigenvalue weighted by Crippen LogP contribution is -2.44. The van der Waals surface area contributed by atoms with Gasteiger partial charge in [-0.2, -0.15) is 5.10 Å². The molecule has 4 heterocycles. The van der Waals surface area contributed by atoms with Crippen molar-refractivity contribution in [3.63, 3.8) is 0 Å². The van der Waals surface area contributed by atoms with Crippen LogP contribution in [0.15, 0.2) is 54.9 Å². The second kappa shape index (κ2) is 8.51. The van der Waals surface area contributed by atoms with Crippen molar-refractivity contribution in [2.45, 2.75) is 26.3 Å². The van der Waals surface area contributed by atoms with E-state index in [0.29, 0.717) is 19.6 Å². The minimum atomic E-state index is 0.137. The van der Waals surface area contributed by atoms with Crippen LogP contribution in [0.3, 0.4) is 0 Å². The maximum absolute atomic E-state index is 12.0. The number of carbonyl (C=O) groups is 1. The molecule has 1 aliphatic rings. The first-order chi connectivity index (χ1) is 15.6. The van der Waals surface area contributed by atoms with Crippen LogP contribution in [0.1, 0.15) is 19.4 Å². The zero-order valence-electron chi connectivity index (χ0n) is 18.2. The van der Waals surface area contributed by atoms with Crippen LogP contribution in [-0.4, -0.2) is 51.7 Å². The SMILES string of the molecule is CC(=O)Cc1ccccc1-c1cc(N2CCOC[C@H]2C)nc2c(-c3ccn[nH]3)nccc12. The van der Waals surface area contributed by atoms with Gasteiger partial charge in [-0.05, 0) is 48.7 Å². The van der Waals surface area contributed by atoms with Crippen LogP contribution in [0.25, 0.3) is 33.4 Å². The fraction of sp³-hybridized carbons (Fsp3) is 0.280. The van der Waals surface area contributed by atoms with Gasteiger partial charge in [0.1, 0.15) is 22.8 Å². The number of aromatic nitrogens is 4. The van der Waals surface area contributed by atoms with E-state index in [1.54, 1.807) is 19.3 Å². The van der Waals surface area contributed by atoms with Crippen molar-refractivity contribution in [3.05, 3.63) is 60.4 Å². The number of hydrogen-bond acceptors (Lipinski definition) is 6. The number of ketones is 1. The predicted octanol–water partition coefficient (Wildman–Crippen LogP) is 4.04. The van der Waals surface area contributed by atoms with E-state index in [4.69, 9.17) is 9.72 Å². The van der Waals surface area contributed by atoms with E-state index >= 15 is 0 Å². The highest BCUT2D eigenvalue weighted by molar-refractivity contribution is 6.02. The number of rotatable bonds is 5. The number of pyridine rings is 2. The van der Waals surface area contributed by atoms with Crippen molar-refractivity contribution in [1.82, 2.24) is 20.2 Å². The van der Waals surface area contributed by atoms with Gasteiger partial charge in [-0.15, -0.1) is 0 Å². The van der Waals surface area contributed by atoms with Gasteiger partial charge in [0, 0.05) is 30.7 Å².